The van der Waals surface area contributed by atoms with Gasteiger partial charge in [-0.05, 0) is 207 Å². The van der Waals surface area contributed by atoms with E-state index in [1.165, 1.54) is 95.4 Å². The van der Waals surface area contributed by atoms with Crippen molar-refractivity contribution in [2.75, 3.05) is 14.2 Å². The zero-order valence-corrected chi connectivity index (χ0v) is 75.1. The molecular formula is C99H141F9N8O2. The largest absolute Gasteiger partial charge is 0.481 e. The van der Waals surface area contributed by atoms with Crippen LogP contribution in [0.5, 0.6) is 11.8 Å². The van der Waals surface area contributed by atoms with Gasteiger partial charge in [-0.15, -0.1) is 10.2 Å². The molecule has 2 aliphatic rings. The molecule has 6 heterocycles. The lowest BCUT2D eigenvalue weighted by atomic mass is 9.98. The highest BCUT2D eigenvalue weighted by Crippen LogP contribution is 2.36. The number of nitrogens with zero attached hydrogens (tertiary/aromatic N) is 8. The number of hydrogen-bond acceptors (Lipinski definition) is 10. The van der Waals surface area contributed by atoms with Gasteiger partial charge in [-0.25, -0.2) is 9.37 Å². The highest BCUT2D eigenvalue weighted by atomic mass is 19.4. The second-order valence-corrected chi connectivity index (χ2v) is 31.3. The molecule has 5 aromatic heterocycles. The van der Waals surface area contributed by atoms with Crippen molar-refractivity contribution in [3.63, 3.8) is 0 Å². The van der Waals surface area contributed by atoms with Gasteiger partial charge in [0.2, 0.25) is 11.8 Å². The van der Waals surface area contributed by atoms with Crippen molar-refractivity contribution in [2.45, 2.75) is 272 Å². The lowest BCUT2D eigenvalue weighted by molar-refractivity contribution is -0.142. The maximum atomic E-state index is 12.5. The minimum absolute atomic E-state index is 0. The first-order valence-corrected chi connectivity index (χ1v) is 40.6. The summed E-state index contributed by atoms with van der Waals surface area (Å²) in [5.74, 6) is 7.57. The number of alkyl halides is 8. The Hall–Kier alpha value is -9.52. The van der Waals surface area contributed by atoms with Crippen molar-refractivity contribution < 1.29 is 49.0 Å². The van der Waals surface area contributed by atoms with Gasteiger partial charge in [0.1, 0.15) is 5.82 Å². The molecule has 0 N–H and O–H groups in total. The van der Waals surface area contributed by atoms with Crippen LogP contribution in [-0.4, -0.2) is 61.0 Å². The van der Waals surface area contributed by atoms with Crippen molar-refractivity contribution >= 4 is 0 Å². The smallest absolute Gasteiger partial charge is 0.435 e. The fraction of sp³-hybridized carbons (Fsp3) is 0.465. The van der Waals surface area contributed by atoms with Crippen molar-refractivity contribution in [1.29, 1.82) is 0 Å². The summed E-state index contributed by atoms with van der Waals surface area (Å²) in [4.78, 5) is 12.9. The van der Waals surface area contributed by atoms with E-state index in [-0.39, 0.29) is 36.6 Å². The molecule has 652 valence electrons. The lowest BCUT2D eigenvalue weighted by Gasteiger charge is -2.25. The van der Waals surface area contributed by atoms with E-state index >= 15 is 0 Å². The molecule has 4 aromatic carbocycles. The van der Waals surface area contributed by atoms with Gasteiger partial charge >= 0.3 is 18.9 Å². The summed E-state index contributed by atoms with van der Waals surface area (Å²) in [6.07, 6.45) is 11.5. The lowest BCUT2D eigenvalue weighted by Crippen LogP contribution is -2.24. The number of methoxy groups -OCH3 is 2. The number of allylic oxidation sites excluding steroid dienone is 3. The fourth-order valence-electron chi connectivity index (χ4n) is 9.74. The summed E-state index contributed by atoms with van der Waals surface area (Å²) in [7, 11) is 3.22. The second-order valence-electron chi connectivity index (χ2n) is 31.3. The molecule has 0 atom stereocenters. The van der Waals surface area contributed by atoms with E-state index in [1.54, 1.807) is 65.0 Å². The highest BCUT2D eigenvalue weighted by Gasteiger charge is 2.34. The highest BCUT2D eigenvalue weighted by molar-refractivity contribution is 5.36. The predicted octanol–water partition coefficient (Wildman–Crippen LogP) is 30.7. The summed E-state index contributed by atoms with van der Waals surface area (Å²) >= 11 is 0. The quantitative estimate of drug-likeness (QED) is 0.0771. The molecule has 0 saturated heterocycles. The minimum Gasteiger partial charge on any atom is -0.481 e. The van der Waals surface area contributed by atoms with Crippen molar-refractivity contribution in [1.82, 2.24) is 40.2 Å². The van der Waals surface area contributed by atoms with Crippen LogP contribution in [0.2, 0.25) is 0 Å². The molecule has 1 aliphatic carbocycles. The molecule has 0 spiro atoms. The fourth-order valence-corrected chi connectivity index (χ4v) is 9.74. The van der Waals surface area contributed by atoms with Crippen LogP contribution in [0.4, 0.5) is 39.5 Å². The Morgan fingerprint density at radius 1 is 0.415 bits per heavy atom. The molecule has 1 aliphatic heterocycles. The van der Waals surface area contributed by atoms with E-state index < -0.39 is 30.2 Å². The van der Waals surface area contributed by atoms with Gasteiger partial charge in [0.05, 0.1) is 32.2 Å². The number of aryl methyl sites for hydroxylation is 2. The molecule has 118 heavy (non-hydrogen) atoms. The monoisotopic (exact) mass is 1650 g/mol. The van der Waals surface area contributed by atoms with Crippen LogP contribution in [-0.2, 0) is 12.4 Å². The molecule has 0 radical (unpaired) electrons. The number of rotatable bonds is 14. The van der Waals surface area contributed by atoms with Crippen LogP contribution in [0.15, 0.2) is 225 Å². The zero-order chi connectivity index (χ0) is 89.3. The Balaban J connectivity index is 0. The third-order valence-corrected chi connectivity index (χ3v) is 18.0. The molecule has 1 fully saturated rings. The van der Waals surface area contributed by atoms with Gasteiger partial charge in [-0.1, -0.05) is 283 Å². The Bertz CT molecular complexity index is 3920. The summed E-state index contributed by atoms with van der Waals surface area (Å²) < 4.78 is 121. The first kappa shape index (κ1) is 111. The van der Waals surface area contributed by atoms with E-state index in [0.29, 0.717) is 64.4 Å². The summed E-state index contributed by atoms with van der Waals surface area (Å²) in [6.45, 7) is 54.7. The standard InChI is InChI=1S/C11H13F3.C10H13F2N.C10H14.C9H11F.C9H13NO.C9H12.C8H9F3N2.C8H12N2O.2C8H11N.C6H12.C2H6.CH4/c1-7(2)9-5-4-8(3)10(6-9)11(12,13)14;1-7(2)9-5-4-8(3)13(6-9)10(11)12;1-8(2)10-6-4-9(3)5-7-10;1-7(2)8-3-5-9(10)6-4-8;1-7(2)8-4-5-10-9(6-8)11-3;1-8(2)9-6-4-3-5-7-9;1-5(2)6-3-7(8(9,10)11)13-12-4-6;1-6(2)7-4-8(11-3)10-9-5-7;2*1-7(2)8-4-3-5-9-6-8;1-5(2)6-3-4-6;1-2;/h4-7H,1-3H3;4-7,10H,3H2,1-2H3;4-8H,1-3H3;3-7H,1-2H3;4-7H,1-3H3;3-8H,1-2H3;3-5H,1-2H3;4-6H,1-3H3;2*3-7H,1-2H3;5-6H,3-4H2,1-2H3;1-2H3;1H4. The molecule has 19 heteroatoms. The van der Waals surface area contributed by atoms with Gasteiger partial charge in [0.15, 0.2) is 5.69 Å². The third kappa shape index (κ3) is 47.8. The van der Waals surface area contributed by atoms with Crippen LogP contribution < -0.4 is 9.47 Å². The minimum atomic E-state index is -4.40. The number of pyridine rings is 3. The summed E-state index contributed by atoms with van der Waals surface area (Å²) in [6, 6.07) is 45.4. The Morgan fingerprint density at radius 2 is 0.814 bits per heavy atom. The number of halogens is 9. The molecule has 0 amide bonds. The molecular weight excluding hydrogens is 1500 g/mol. The first-order chi connectivity index (χ1) is 54.8. The van der Waals surface area contributed by atoms with Crippen LogP contribution in [0, 0.1) is 37.4 Å². The van der Waals surface area contributed by atoms with Crippen LogP contribution >= 0.6 is 0 Å². The summed E-state index contributed by atoms with van der Waals surface area (Å²) in [5.41, 5.74) is 11.7. The second kappa shape index (κ2) is 59.2. The normalized spacial score (nSPS) is 11.9. The third-order valence-electron chi connectivity index (χ3n) is 18.0. The van der Waals surface area contributed by atoms with E-state index in [4.69, 9.17) is 9.47 Å². The topological polar surface area (TPSA) is 112 Å². The van der Waals surface area contributed by atoms with E-state index in [1.807, 2.05) is 109 Å². The molecule has 0 bridgehead atoms. The van der Waals surface area contributed by atoms with E-state index in [9.17, 15) is 39.5 Å². The van der Waals surface area contributed by atoms with Crippen molar-refractivity contribution in [3.05, 3.63) is 303 Å². The maximum absolute atomic E-state index is 12.5. The van der Waals surface area contributed by atoms with Gasteiger partial charge in [-0.2, -0.15) is 45.3 Å². The van der Waals surface area contributed by atoms with Crippen LogP contribution in [0.1, 0.15) is 312 Å². The van der Waals surface area contributed by atoms with Crippen molar-refractivity contribution in [2.24, 2.45) is 17.8 Å². The van der Waals surface area contributed by atoms with Gasteiger partial charge in [-0.3, -0.25) is 14.9 Å². The first-order valence-electron chi connectivity index (χ1n) is 40.6. The maximum Gasteiger partial charge on any atom is 0.435 e. The average Bonchev–Trinajstić information content (AvgIpc) is 1.06. The number of ether oxygens (including phenoxy) is 2. The number of hydrogen-bond donors (Lipinski definition) is 0. The van der Waals surface area contributed by atoms with Crippen molar-refractivity contribution in [3.8, 4) is 11.8 Å². The summed E-state index contributed by atoms with van der Waals surface area (Å²) in [5, 5.41) is 13.9. The Kier molecular flexibility index (Phi) is 55.4. The van der Waals surface area contributed by atoms with Crippen LogP contribution in [0.25, 0.3) is 0 Å². The molecule has 1 saturated carbocycles. The predicted molar refractivity (Wildman–Crippen MR) is 477 cm³/mol. The average molecular weight is 1650 g/mol. The van der Waals surface area contributed by atoms with Gasteiger partial charge < -0.3 is 9.47 Å². The van der Waals surface area contributed by atoms with Crippen LogP contribution in [0.3, 0.4) is 0 Å². The van der Waals surface area contributed by atoms with Gasteiger partial charge in [0, 0.05) is 55.0 Å². The SMILES string of the molecule is C.C=C1C=CC(C(C)C)=CN1C(F)F.CC.CC(C)C1CC1.CC(C)c1ccc(F)cc1.CC(C)c1ccccc1.CC(C)c1cccnc1.CC(C)c1cccnc1.CC(C)c1cnnc(C(F)(F)F)c1.COc1cc(C(C)C)ccn1.COc1cc(C(C)C)cnn1.Cc1ccc(C(C)C)cc1.Cc1ccc(C(C)C)cc1C(F)(F)F. The Morgan fingerprint density at radius 3 is 1.17 bits per heavy atom. The van der Waals surface area contributed by atoms with Gasteiger partial charge in [0.25, 0.3) is 0 Å². The van der Waals surface area contributed by atoms with E-state index in [0.717, 1.165) is 39.5 Å². The number of benzene rings is 4. The zero-order valence-electron chi connectivity index (χ0n) is 75.1. The van der Waals surface area contributed by atoms with E-state index in [2.05, 4.69) is 220 Å². The molecule has 11 rings (SSSR count). The molecule has 0 unspecified atom stereocenters. The molecule has 9 aromatic rings. The number of aromatic nitrogens is 7. The molecule has 10 nitrogen and oxygen atoms in total. The Labute approximate surface area is 705 Å².